The summed E-state index contributed by atoms with van der Waals surface area (Å²) in [6.45, 7) is 4.36. The standard InChI is InChI=1S/C30H32N2O6S/c1-21-6-10-27(11-7-21)39(33,34)37-20-26(38-30-5-3-4-16-35-30)19-36-25-9-13-29-23(18-25)8-12-28(32-29)24-14-15-31-22(2)17-24/h6-15,17-18,26,30H,3-5,16,19-20H2,1-2H3/t26-,30?/m0/s1. The van der Waals surface area contributed by atoms with E-state index in [1.807, 2.05) is 56.3 Å². The minimum atomic E-state index is -3.94. The Bertz CT molecular complexity index is 1520. The van der Waals surface area contributed by atoms with Gasteiger partial charge in [0, 0.05) is 29.4 Å². The van der Waals surface area contributed by atoms with Crippen molar-refractivity contribution in [2.75, 3.05) is 19.8 Å². The lowest BCUT2D eigenvalue weighted by molar-refractivity contribution is -0.198. The van der Waals surface area contributed by atoms with Crippen LogP contribution in [0, 0.1) is 13.8 Å². The largest absolute Gasteiger partial charge is 0.491 e. The Balaban J connectivity index is 1.27. The molecule has 0 radical (unpaired) electrons. The highest BCUT2D eigenvalue weighted by atomic mass is 32.2. The molecule has 204 valence electrons. The van der Waals surface area contributed by atoms with Gasteiger partial charge in [-0.15, -0.1) is 0 Å². The molecule has 8 nitrogen and oxygen atoms in total. The highest BCUT2D eigenvalue weighted by molar-refractivity contribution is 7.86. The van der Waals surface area contributed by atoms with Crippen LogP contribution in [0.3, 0.4) is 0 Å². The Morgan fingerprint density at radius 3 is 2.59 bits per heavy atom. The van der Waals surface area contributed by atoms with Gasteiger partial charge in [-0.05, 0) is 81.6 Å². The summed E-state index contributed by atoms with van der Waals surface area (Å²) in [6.07, 6.45) is 3.41. The maximum absolute atomic E-state index is 12.7. The van der Waals surface area contributed by atoms with E-state index < -0.39 is 22.5 Å². The first-order chi connectivity index (χ1) is 18.9. The van der Waals surface area contributed by atoms with Crippen LogP contribution < -0.4 is 4.74 Å². The molecule has 2 aromatic heterocycles. The van der Waals surface area contributed by atoms with Crippen LogP contribution in [0.15, 0.2) is 77.8 Å². The molecule has 5 rings (SSSR count). The lowest BCUT2D eigenvalue weighted by Crippen LogP contribution is -2.35. The van der Waals surface area contributed by atoms with Crippen molar-refractivity contribution in [1.29, 1.82) is 0 Å². The Morgan fingerprint density at radius 2 is 1.82 bits per heavy atom. The molecule has 39 heavy (non-hydrogen) atoms. The highest BCUT2D eigenvalue weighted by Crippen LogP contribution is 2.25. The summed E-state index contributed by atoms with van der Waals surface area (Å²) < 4.78 is 48.7. The fourth-order valence-electron chi connectivity index (χ4n) is 4.35. The van der Waals surface area contributed by atoms with Gasteiger partial charge in [0.1, 0.15) is 18.5 Å². The molecule has 2 aromatic carbocycles. The zero-order valence-electron chi connectivity index (χ0n) is 22.1. The van der Waals surface area contributed by atoms with E-state index in [0.717, 1.165) is 52.7 Å². The van der Waals surface area contributed by atoms with Crippen LogP contribution in [0.4, 0.5) is 0 Å². The molecule has 0 bridgehead atoms. The third kappa shape index (κ3) is 7.19. The van der Waals surface area contributed by atoms with Gasteiger partial charge in [-0.1, -0.05) is 23.8 Å². The fourth-order valence-corrected chi connectivity index (χ4v) is 5.28. The first-order valence-corrected chi connectivity index (χ1v) is 14.5. The van der Waals surface area contributed by atoms with Gasteiger partial charge in [-0.2, -0.15) is 8.42 Å². The lowest BCUT2D eigenvalue weighted by atomic mass is 10.1. The van der Waals surface area contributed by atoms with Crippen molar-refractivity contribution in [3.63, 3.8) is 0 Å². The monoisotopic (exact) mass is 548 g/mol. The number of nitrogens with zero attached hydrogens (tertiary/aromatic N) is 2. The molecule has 1 fully saturated rings. The van der Waals surface area contributed by atoms with Crippen LogP contribution in [0.5, 0.6) is 5.75 Å². The number of aromatic nitrogens is 2. The summed E-state index contributed by atoms with van der Waals surface area (Å²) in [7, 11) is -3.94. The van der Waals surface area contributed by atoms with E-state index in [0.29, 0.717) is 12.4 Å². The van der Waals surface area contributed by atoms with E-state index >= 15 is 0 Å². The average molecular weight is 549 g/mol. The minimum absolute atomic E-state index is 0.0938. The first-order valence-electron chi connectivity index (χ1n) is 13.1. The van der Waals surface area contributed by atoms with Crippen LogP contribution in [0.25, 0.3) is 22.2 Å². The van der Waals surface area contributed by atoms with E-state index in [1.165, 1.54) is 12.1 Å². The molecule has 2 atom stereocenters. The Hall–Kier alpha value is -3.37. The predicted molar refractivity (Wildman–Crippen MR) is 148 cm³/mol. The Kier molecular flexibility index (Phi) is 8.52. The maximum Gasteiger partial charge on any atom is 0.297 e. The SMILES string of the molecule is Cc1ccc(S(=O)(=O)OC[C@H](COc2ccc3nc(-c4ccnc(C)c4)ccc3c2)OC2CCCCO2)cc1. The molecule has 4 aromatic rings. The summed E-state index contributed by atoms with van der Waals surface area (Å²) in [5.41, 5.74) is 4.62. The molecule has 0 amide bonds. The first kappa shape index (κ1) is 27.2. The summed E-state index contributed by atoms with van der Waals surface area (Å²) in [4.78, 5) is 9.13. The molecule has 0 spiro atoms. The summed E-state index contributed by atoms with van der Waals surface area (Å²) in [6, 6.07) is 20.1. The van der Waals surface area contributed by atoms with Gasteiger partial charge in [0.25, 0.3) is 10.1 Å². The molecule has 1 aliphatic rings. The van der Waals surface area contributed by atoms with Gasteiger partial charge in [0.05, 0.1) is 22.7 Å². The van der Waals surface area contributed by atoms with E-state index in [1.54, 1.807) is 18.3 Å². The van der Waals surface area contributed by atoms with Gasteiger partial charge >= 0.3 is 0 Å². The van der Waals surface area contributed by atoms with Crippen molar-refractivity contribution in [3.05, 3.63) is 84.2 Å². The summed E-state index contributed by atoms with van der Waals surface area (Å²) in [5, 5.41) is 0.924. The van der Waals surface area contributed by atoms with Crippen molar-refractivity contribution in [2.24, 2.45) is 0 Å². The number of pyridine rings is 2. The molecule has 3 heterocycles. The number of benzene rings is 2. The molecule has 1 unspecified atom stereocenters. The summed E-state index contributed by atoms with van der Waals surface area (Å²) >= 11 is 0. The van der Waals surface area contributed by atoms with E-state index in [2.05, 4.69) is 4.98 Å². The minimum Gasteiger partial charge on any atom is -0.491 e. The van der Waals surface area contributed by atoms with Gasteiger partial charge in [0.15, 0.2) is 6.29 Å². The highest BCUT2D eigenvalue weighted by Gasteiger charge is 2.24. The van der Waals surface area contributed by atoms with Crippen molar-refractivity contribution in [1.82, 2.24) is 9.97 Å². The molecule has 0 saturated carbocycles. The average Bonchev–Trinajstić information content (AvgIpc) is 2.95. The van der Waals surface area contributed by atoms with Gasteiger partial charge in [-0.25, -0.2) is 4.98 Å². The Morgan fingerprint density at radius 1 is 0.974 bits per heavy atom. The van der Waals surface area contributed by atoms with Crippen molar-refractivity contribution >= 4 is 21.0 Å². The van der Waals surface area contributed by atoms with Crippen LogP contribution in [-0.2, 0) is 23.8 Å². The zero-order chi connectivity index (χ0) is 27.2. The van der Waals surface area contributed by atoms with Gasteiger partial charge in [0.2, 0.25) is 0 Å². The number of hydrogen-bond acceptors (Lipinski definition) is 8. The number of fused-ring (bicyclic) bond motifs is 1. The van der Waals surface area contributed by atoms with E-state index in [-0.39, 0.29) is 18.1 Å². The van der Waals surface area contributed by atoms with Crippen LogP contribution >= 0.6 is 0 Å². The second-order valence-corrected chi connectivity index (χ2v) is 11.3. The van der Waals surface area contributed by atoms with Gasteiger partial charge in [-0.3, -0.25) is 9.17 Å². The molecule has 0 aliphatic carbocycles. The van der Waals surface area contributed by atoms with E-state index in [4.69, 9.17) is 23.4 Å². The van der Waals surface area contributed by atoms with E-state index in [9.17, 15) is 8.42 Å². The quantitative estimate of drug-likeness (QED) is 0.236. The second kappa shape index (κ2) is 12.2. The maximum atomic E-state index is 12.7. The molecule has 1 aliphatic heterocycles. The second-order valence-electron chi connectivity index (χ2n) is 9.65. The van der Waals surface area contributed by atoms with Crippen LogP contribution in [-0.4, -0.2) is 50.6 Å². The number of aryl methyl sites for hydroxylation is 2. The third-order valence-corrected chi connectivity index (χ3v) is 7.79. The Labute approximate surface area is 229 Å². The number of ether oxygens (including phenoxy) is 3. The topological polar surface area (TPSA) is 96.8 Å². The number of hydrogen-bond donors (Lipinski definition) is 0. The molecular formula is C30H32N2O6S. The van der Waals surface area contributed by atoms with Crippen molar-refractivity contribution in [2.45, 2.75) is 50.4 Å². The molecular weight excluding hydrogens is 516 g/mol. The lowest BCUT2D eigenvalue weighted by Gasteiger charge is -2.27. The summed E-state index contributed by atoms with van der Waals surface area (Å²) in [5.74, 6) is 0.622. The van der Waals surface area contributed by atoms with Crippen LogP contribution in [0.2, 0.25) is 0 Å². The fraction of sp³-hybridized carbons (Fsp3) is 0.333. The molecule has 0 N–H and O–H groups in total. The normalized spacial score (nSPS) is 16.7. The van der Waals surface area contributed by atoms with Crippen molar-refractivity contribution in [3.8, 4) is 17.0 Å². The van der Waals surface area contributed by atoms with Gasteiger partial charge < -0.3 is 14.2 Å². The molecule has 9 heteroatoms. The molecule has 1 saturated heterocycles. The number of rotatable bonds is 10. The van der Waals surface area contributed by atoms with Crippen molar-refractivity contribution < 1.29 is 26.8 Å². The third-order valence-electron chi connectivity index (χ3n) is 6.49. The predicted octanol–water partition coefficient (Wildman–Crippen LogP) is 5.61. The van der Waals surface area contributed by atoms with Crippen LogP contribution in [0.1, 0.15) is 30.5 Å². The smallest absolute Gasteiger partial charge is 0.297 e. The zero-order valence-corrected chi connectivity index (χ0v) is 22.9.